The third-order valence-corrected chi connectivity index (χ3v) is 3.34. The Kier molecular flexibility index (Phi) is 2.61. The quantitative estimate of drug-likeness (QED) is 0.572. The zero-order valence-corrected chi connectivity index (χ0v) is 9.70. The Labute approximate surface area is 100 Å². The minimum Gasteiger partial charge on any atom is -0.460 e. The number of nitrogens with zero attached hydrogens (tertiary/aromatic N) is 1. The number of esters is 1. The Morgan fingerprint density at radius 1 is 1.47 bits per heavy atom. The van der Waals surface area contributed by atoms with Crippen LogP contribution in [0.3, 0.4) is 0 Å². The molecule has 4 nitrogen and oxygen atoms in total. The van der Waals surface area contributed by atoms with Gasteiger partial charge in [0.15, 0.2) is 0 Å². The van der Waals surface area contributed by atoms with Crippen LogP contribution in [0.4, 0.5) is 0 Å². The van der Waals surface area contributed by atoms with Gasteiger partial charge in [-0.25, -0.2) is 0 Å². The maximum atomic E-state index is 11.9. The lowest BCUT2D eigenvalue weighted by atomic mass is 10.2. The zero-order chi connectivity index (χ0) is 11.8. The highest BCUT2D eigenvalue weighted by molar-refractivity contribution is 5.78. The van der Waals surface area contributed by atoms with Crippen LogP contribution in [-0.4, -0.2) is 42.7 Å². The van der Waals surface area contributed by atoms with Crippen LogP contribution in [0.15, 0.2) is 30.3 Å². The summed E-state index contributed by atoms with van der Waals surface area (Å²) in [5.74, 6) is -0.179. The maximum absolute atomic E-state index is 11.9. The molecule has 0 amide bonds. The van der Waals surface area contributed by atoms with Crippen molar-refractivity contribution in [1.29, 1.82) is 0 Å². The van der Waals surface area contributed by atoms with Crippen molar-refractivity contribution in [3.63, 3.8) is 0 Å². The molecule has 2 aliphatic heterocycles. The highest BCUT2D eigenvalue weighted by Gasteiger charge is 2.57. The van der Waals surface area contributed by atoms with Crippen molar-refractivity contribution in [1.82, 2.24) is 4.90 Å². The third kappa shape index (κ3) is 2.06. The summed E-state index contributed by atoms with van der Waals surface area (Å²) in [5.41, 5.74) is 1.01. The molecule has 0 unspecified atom stereocenters. The molecule has 0 saturated carbocycles. The van der Waals surface area contributed by atoms with Crippen LogP contribution in [0.25, 0.3) is 0 Å². The molecule has 0 aliphatic carbocycles. The number of rotatable bonds is 3. The lowest BCUT2D eigenvalue weighted by Crippen LogP contribution is -2.39. The molecule has 90 valence electrons. The van der Waals surface area contributed by atoms with Crippen LogP contribution < -0.4 is 0 Å². The van der Waals surface area contributed by atoms with Crippen LogP contribution in [-0.2, 0) is 20.9 Å². The Morgan fingerprint density at radius 2 is 2.24 bits per heavy atom. The van der Waals surface area contributed by atoms with E-state index < -0.39 is 0 Å². The molecule has 2 fully saturated rings. The van der Waals surface area contributed by atoms with Crippen LogP contribution in [0.2, 0.25) is 0 Å². The van der Waals surface area contributed by atoms with Gasteiger partial charge in [0.2, 0.25) is 0 Å². The fourth-order valence-electron chi connectivity index (χ4n) is 2.36. The van der Waals surface area contributed by atoms with Crippen LogP contribution in [0.1, 0.15) is 5.56 Å². The minimum atomic E-state index is -0.219. The van der Waals surface area contributed by atoms with E-state index >= 15 is 0 Å². The van der Waals surface area contributed by atoms with Crippen molar-refractivity contribution in [2.24, 2.45) is 0 Å². The van der Waals surface area contributed by atoms with Gasteiger partial charge in [-0.1, -0.05) is 30.3 Å². The fraction of sp³-hybridized carbons (Fsp3) is 0.462. The Bertz CT molecular complexity index is 418. The van der Waals surface area contributed by atoms with E-state index in [0.717, 1.165) is 12.1 Å². The first-order valence-corrected chi connectivity index (χ1v) is 5.82. The van der Waals surface area contributed by atoms with Crippen molar-refractivity contribution in [3.05, 3.63) is 35.9 Å². The molecule has 2 heterocycles. The number of fused-ring (bicyclic) bond motifs is 1. The zero-order valence-electron chi connectivity index (χ0n) is 9.70. The van der Waals surface area contributed by atoms with Gasteiger partial charge in [0, 0.05) is 6.54 Å². The van der Waals surface area contributed by atoms with Crippen molar-refractivity contribution in [2.75, 3.05) is 13.6 Å². The summed E-state index contributed by atoms with van der Waals surface area (Å²) < 4.78 is 10.7. The molecule has 4 heteroatoms. The number of ether oxygens (including phenoxy) is 2. The summed E-state index contributed by atoms with van der Waals surface area (Å²) in [6.07, 6.45) is 0.303. The maximum Gasteiger partial charge on any atom is 0.326 e. The van der Waals surface area contributed by atoms with Gasteiger partial charge in [-0.05, 0) is 12.6 Å². The van der Waals surface area contributed by atoms with E-state index in [1.807, 2.05) is 42.3 Å². The lowest BCUT2D eigenvalue weighted by Gasteiger charge is -2.20. The van der Waals surface area contributed by atoms with E-state index in [0.29, 0.717) is 6.61 Å². The monoisotopic (exact) mass is 233 g/mol. The summed E-state index contributed by atoms with van der Waals surface area (Å²) in [6, 6.07) is 9.49. The number of carbonyl (C=O) groups excluding carboxylic acids is 1. The van der Waals surface area contributed by atoms with Gasteiger partial charge in [0.05, 0.1) is 6.10 Å². The third-order valence-electron chi connectivity index (χ3n) is 3.34. The van der Waals surface area contributed by atoms with Crippen molar-refractivity contribution >= 4 is 5.97 Å². The number of carbonyl (C=O) groups is 1. The molecule has 17 heavy (non-hydrogen) atoms. The predicted molar refractivity (Wildman–Crippen MR) is 61.3 cm³/mol. The van der Waals surface area contributed by atoms with Crippen molar-refractivity contribution in [2.45, 2.75) is 24.9 Å². The molecular weight excluding hydrogens is 218 g/mol. The number of morpholine rings is 1. The largest absolute Gasteiger partial charge is 0.460 e. The minimum absolute atomic E-state index is 0.0586. The SMILES string of the molecule is CN1C[C@@H]2O[C@@H]2[C@H]1C(=O)OCc1ccccc1. The van der Waals surface area contributed by atoms with E-state index in [2.05, 4.69) is 0 Å². The number of benzene rings is 1. The average Bonchev–Trinajstić information content (AvgIpc) is 3.00. The standard InChI is InChI=1S/C13H15NO3/c1-14-7-10-12(17-10)11(14)13(15)16-8-9-5-3-2-4-6-9/h2-6,10-12H,7-8H2,1H3/t10-,11-,12-/m0/s1. The molecule has 1 aromatic carbocycles. The normalized spacial score (nSPS) is 31.0. The molecule has 1 aromatic rings. The molecule has 0 radical (unpaired) electrons. The number of likely N-dealkylation sites (tertiary alicyclic amines) is 1. The summed E-state index contributed by atoms with van der Waals surface area (Å²) in [6.45, 7) is 1.16. The number of hydrogen-bond acceptors (Lipinski definition) is 4. The molecule has 2 aliphatic rings. The molecule has 0 bridgehead atoms. The number of hydrogen-bond donors (Lipinski definition) is 0. The molecular formula is C13H15NO3. The fourth-order valence-corrected chi connectivity index (χ4v) is 2.36. The first-order valence-electron chi connectivity index (χ1n) is 5.82. The second-order valence-corrected chi connectivity index (χ2v) is 4.62. The molecule has 3 atom stereocenters. The first-order chi connectivity index (χ1) is 8.25. The molecule has 0 aromatic heterocycles. The van der Waals surface area contributed by atoms with E-state index in [1.54, 1.807) is 0 Å². The Morgan fingerprint density at radius 3 is 2.88 bits per heavy atom. The van der Waals surface area contributed by atoms with Gasteiger partial charge in [0.25, 0.3) is 0 Å². The smallest absolute Gasteiger partial charge is 0.326 e. The van der Waals surface area contributed by atoms with Gasteiger partial charge in [-0.15, -0.1) is 0 Å². The summed E-state index contributed by atoms with van der Waals surface area (Å²) in [5, 5.41) is 0. The first kappa shape index (κ1) is 10.7. The van der Waals surface area contributed by atoms with Gasteiger partial charge < -0.3 is 9.47 Å². The Hall–Kier alpha value is -1.39. The summed E-state index contributed by atoms with van der Waals surface area (Å²) in [7, 11) is 1.93. The average molecular weight is 233 g/mol. The van der Waals surface area contributed by atoms with Crippen LogP contribution in [0, 0.1) is 0 Å². The van der Waals surface area contributed by atoms with Crippen LogP contribution in [0.5, 0.6) is 0 Å². The summed E-state index contributed by atoms with van der Waals surface area (Å²) >= 11 is 0. The number of epoxide rings is 1. The summed E-state index contributed by atoms with van der Waals surface area (Å²) in [4.78, 5) is 13.9. The van der Waals surface area contributed by atoms with Crippen molar-refractivity contribution < 1.29 is 14.3 Å². The van der Waals surface area contributed by atoms with Gasteiger partial charge in [0.1, 0.15) is 18.8 Å². The van der Waals surface area contributed by atoms with Gasteiger partial charge in [-0.3, -0.25) is 9.69 Å². The predicted octanol–water partition coefficient (Wildman–Crippen LogP) is 0.811. The van der Waals surface area contributed by atoms with E-state index in [1.165, 1.54) is 0 Å². The van der Waals surface area contributed by atoms with Crippen LogP contribution >= 0.6 is 0 Å². The lowest BCUT2D eigenvalue weighted by molar-refractivity contribution is -0.151. The molecule has 3 rings (SSSR count). The topological polar surface area (TPSA) is 42.1 Å². The van der Waals surface area contributed by atoms with Crippen molar-refractivity contribution in [3.8, 4) is 0 Å². The molecule has 2 saturated heterocycles. The highest BCUT2D eigenvalue weighted by Crippen LogP contribution is 2.35. The van der Waals surface area contributed by atoms with Gasteiger partial charge >= 0.3 is 5.97 Å². The second-order valence-electron chi connectivity index (χ2n) is 4.62. The molecule has 0 N–H and O–H groups in total. The highest BCUT2D eigenvalue weighted by atomic mass is 16.6. The molecule has 0 spiro atoms. The van der Waals surface area contributed by atoms with Gasteiger partial charge in [-0.2, -0.15) is 0 Å². The van der Waals surface area contributed by atoms with E-state index in [4.69, 9.17) is 9.47 Å². The number of likely N-dealkylation sites (N-methyl/N-ethyl adjacent to an activating group) is 1. The second kappa shape index (κ2) is 4.13. The van der Waals surface area contributed by atoms with E-state index in [-0.39, 0.29) is 24.2 Å². The van der Waals surface area contributed by atoms with E-state index in [9.17, 15) is 4.79 Å². The Balaban J connectivity index is 1.57.